The van der Waals surface area contributed by atoms with Crippen LogP contribution in [0.5, 0.6) is 11.5 Å². The summed E-state index contributed by atoms with van der Waals surface area (Å²) in [6.07, 6.45) is 4.32. The van der Waals surface area contributed by atoms with Gasteiger partial charge in [0, 0.05) is 48.5 Å². The van der Waals surface area contributed by atoms with Crippen LogP contribution < -0.4 is 15.0 Å². The zero-order valence-corrected chi connectivity index (χ0v) is 24.6. The van der Waals surface area contributed by atoms with Crippen LogP contribution in [0.1, 0.15) is 34.1 Å². The van der Waals surface area contributed by atoms with E-state index in [9.17, 15) is 4.79 Å². The van der Waals surface area contributed by atoms with Gasteiger partial charge in [0.05, 0.1) is 14.2 Å². The number of fused-ring (bicyclic) bond motifs is 1. The summed E-state index contributed by atoms with van der Waals surface area (Å²) >= 11 is 0. The zero-order valence-electron chi connectivity index (χ0n) is 24.6. The Labute approximate surface area is 254 Å². The summed E-state index contributed by atoms with van der Waals surface area (Å²) in [5.41, 5.74) is 4.24. The number of nitrogens with one attached hydrogen (secondary N) is 1. The van der Waals surface area contributed by atoms with Crippen molar-refractivity contribution in [3.8, 4) is 11.5 Å². The predicted molar refractivity (Wildman–Crippen MR) is 167 cm³/mol. The normalized spacial score (nSPS) is 12.0. The molecule has 6 aromatic rings. The molecule has 10 heteroatoms. The Morgan fingerprint density at radius 2 is 1.59 bits per heavy atom. The molecule has 222 valence electrons. The highest BCUT2D eigenvalue weighted by Gasteiger charge is 2.31. The van der Waals surface area contributed by atoms with E-state index in [0.29, 0.717) is 36.8 Å². The van der Waals surface area contributed by atoms with Crippen LogP contribution in [0.3, 0.4) is 0 Å². The average molecular weight is 588 g/mol. The first kappa shape index (κ1) is 28.8. The first-order valence-electron chi connectivity index (χ1n) is 14.4. The minimum absolute atomic E-state index is 0.212. The molecule has 0 bridgehead atoms. The first-order chi connectivity index (χ1) is 21.6. The van der Waals surface area contributed by atoms with Gasteiger partial charge < -0.3 is 14.5 Å². The van der Waals surface area contributed by atoms with Crippen molar-refractivity contribution in [1.29, 1.82) is 0 Å². The van der Waals surface area contributed by atoms with Crippen LogP contribution in [0, 0.1) is 0 Å². The molecular weight excluding hydrogens is 554 g/mol. The van der Waals surface area contributed by atoms with E-state index in [1.54, 1.807) is 25.1 Å². The third-order valence-electron chi connectivity index (χ3n) is 7.65. The summed E-state index contributed by atoms with van der Waals surface area (Å²) in [6.45, 7) is 1.54. The standard InChI is InChI=1S/C34H33N7O3/c1-43-28-12-10-25(11-13-28)22-40(23-26-9-6-17-35-21-26)32(30-20-27-19-29(44-2)14-15-31(27)36-34(30)42)33-37-38-39-41(33)18-16-24-7-4-3-5-8-24/h3-15,17,19-21,32H,16,18,22-23H2,1-2H3,(H,36,42). The number of nitrogens with zero attached hydrogens (tertiary/aromatic N) is 6. The zero-order chi connectivity index (χ0) is 30.3. The third kappa shape index (κ3) is 6.50. The van der Waals surface area contributed by atoms with Crippen molar-refractivity contribution < 1.29 is 9.47 Å². The highest BCUT2D eigenvalue weighted by Crippen LogP contribution is 2.31. The number of rotatable bonds is 12. The minimum Gasteiger partial charge on any atom is -0.497 e. The van der Waals surface area contributed by atoms with Crippen molar-refractivity contribution in [2.24, 2.45) is 0 Å². The van der Waals surface area contributed by atoms with E-state index < -0.39 is 6.04 Å². The van der Waals surface area contributed by atoms with Crippen LogP contribution in [-0.4, -0.2) is 49.3 Å². The monoisotopic (exact) mass is 587 g/mol. The highest BCUT2D eigenvalue weighted by atomic mass is 16.5. The number of ether oxygens (including phenoxy) is 2. The van der Waals surface area contributed by atoms with E-state index in [2.05, 4.69) is 42.5 Å². The fourth-order valence-corrected chi connectivity index (χ4v) is 5.41. The topological polar surface area (TPSA) is 111 Å². The van der Waals surface area contributed by atoms with Crippen LogP contribution >= 0.6 is 0 Å². The van der Waals surface area contributed by atoms with Crippen molar-refractivity contribution in [1.82, 2.24) is 35.1 Å². The van der Waals surface area contributed by atoms with Crippen LogP contribution in [-0.2, 0) is 26.1 Å². The van der Waals surface area contributed by atoms with Gasteiger partial charge in [-0.3, -0.25) is 14.7 Å². The van der Waals surface area contributed by atoms with Crippen LogP contribution in [0.4, 0.5) is 0 Å². The number of aryl methyl sites for hydroxylation is 2. The van der Waals surface area contributed by atoms with Gasteiger partial charge in [0.25, 0.3) is 5.56 Å². The molecule has 0 spiro atoms. The summed E-state index contributed by atoms with van der Waals surface area (Å²) in [6, 6.07) is 29.0. The van der Waals surface area contributed by atoms with Crippen molar-refractivity contribution in [2.45, 2.75) is 32.1 Å². The molecule has 6 rings (SSSR count). The molecule has 1 unspecified atom stereocenters. The van der Waals surface area contributed by atoms with Gasteiger partial charge in [-0.2, -0.15) is 0 Å². The lowest BCUT2D eigenvalue weighted by atomic mass is 10.0. The maximum atomic E-state index is 13.9. The smallest absolute Gasteiger partial charge is 0.253 e. The van der Waals surface area contributed by atoms with E-state index in [1.165, 1.54) is 5.56 Å². The number of hydrogen-bond donors (Lipinski definition) is 1. The largest absolute Gasteiger partial charge is 0.497 e. The molecule has 0 fully saturated rings. The van der Waals surface area contributed by atoms with Gasteiger partial charge in [-0.1, -0.05) is 48.5 Å². The van der Waals surface area contributed by atoms with Gasteiger partial charge in [-0.05, 0) is 76.0 Å². The number of aromatic amines is 1. The second kappa shape index (κ2) is 13.3. The Hall–Kier alpha value is -5.35. The molecule has 10 nitrogen and oxygen atoms in total. The average Bonchev–Trinajstić information content (AvgIpc) is 3.53. The van der Waals surface area contributed by atoms with Crippen LogP contribution in [0.2, 0.25) is 0 Å². The predicted octanol–water partition coefficient (Wildman–Crippen LogP) is 4.96. The molecule has 0 aliphatic carbocycles. The molecule has 3 aromatic heterocycles. The molecule has 1 atom stereocenters. The van der Waals surface area contributed by atoms with Crippen molar-refractivity contribution in [2.75, 3.05) is 14.2 Å². The maximum Gasteiger partial charge on any atom is 0.253 e. The maximum absolute atomic E-state index is 13.9. The quantitative estimate of drug-likeness (QED) is 0.214. The number of hydrogen-bond acceptors (Lipinski definition) is 8. The number of aromatic nitrogens is 6. The van der Waals surface area contributed by atoms with Crippen molar-refractivity contribution >= 4 is 10.9 Å². The van der Waals surface area contributed by atoms with Crippen molar-refractivity contribution in [3.63, 3.8) is 0 Å². The Kier molecular flexibility index (Phi) is 8.70. The molecule has 3 aromatic carbocycles. The van der Waals surface area contributed by atoms with Crippen LogP contribution in [0.25, 0.3) is 10.9 Å². The van der Waals surface area contributed by atoms with Gasteiger partial charge in [-0.15, -0.1) is 5.10 Å². The Balaban J connectivity index is 1.49. The molecule has 1 N–H and O–H groups in total. The summed E-state index contributed by atoms with van der Waals surface area (Å²) in [5, 5.41) is 13.9. The first-order valence-corrected chi connectivity index (χ1v) is 14.4. The van der Waals surface area contributed by atoms with E-state index in [1.807, 2.05) is 85.1 Å². The van der Waals surface area contributed by atoms with Gasteiger partial charge in [0.15, 0.2) is 5.82 Å². The lowest BCUT2D eigenvalue weighted by Crippen LogP contribution is -2.35. The van der Waals surface area contributed by atoms with Crippen molar-refractivity contribution in [3.05, 3.63) is 142 Å². The third-order valence-corrected chi connectivity index (χ3v) is 7.65. The molecule has 0 aliphatic rings. The molecule has 0 radical (unpaired) electrons. The van der Waals surface area contributed by atoms with E-state index in [0.717, 1.165) is 34.2 Å². The van der Waals surface area contributed by atoms with Gasteiger partial charge >= 0.3 is 0 Å². The SMILES string of the molecule is COc1ccc(CN(Cc2cccnc2)C(c2cc3cc(OC)ccc3[nH]c2=O)c2nnnn2CCc2ccccc2)cc1. The van der Waals surface area contributed by atoms with Gasteiger partial charge in [0.1, 0.15) is 17.5 Å². The molecule has 44 heavy (non-hydrogen) atoms. The molecule has 0 saturated carbocycles. The minimum atomic E-state index is -0.595. The van der Waals surface area contributed by atoms with Crippen LogP contribution in [0.15, 0.2) is 108 Å². The lowest BCUT2D eigenvalue weighted by molar-refractivity contribution is 0.193. The van der Waals surface area contributed by atoms with Gasteiger partial charge in [-0.25, -0.2) is 4.68 Å². The fourth-order valence-electron chi connectivity index (χ4n) is 5.41. The summed E-state index contributed by atoms with van der Waals surface area (Å²) in [5.74, 6) is 2.05. The Morgan fingerprint density at radius 3 is 2.34 bits per heavy atom. The molecular formula is C34H33N7O3. The molecule has 3 heterocycles. The fraction of sp³-hybridized carbons (Fsp3) is 0.206. The molecule has 0 amide bonds. The second-order valence-corrected chi connectivity index (χ2v) is 10.5. The summed E-state index contributed by atoms with van der Waals surface area (Å²) < 4.78 is 12.7. The van der Waals surface area contributed by atoms with E-state index >= 15 is 0 Å². The Morgan fingerprint density at radius 1 is 0.841 bits per heavy atom. The number of tetrazole rings is 1. The molecule has 0 aliphatic heterocycles. The van der Waals surface area contributed by atoms with Gasteiger partial charge in [0.2, 0.25) is 0 Å². The molecule has 0 saturated heterocycles. The highest BCUT2D eigenvalue weighted by molar-refractivity contribution is 5.80. The summed E-state index contributed by atoms with van der Waals surface area (Å²) in [7, 11) is 3.28. The number of benzene rings is 3. The van der Waals surface area contributed by atoms with E-state index in [-0.39, 0.29) is 5.56 Å². The second-order valence-electron chi connectivity index (χ2n) is 10.5. The van der Waals surface area contributed by atoms with E-state index in [4.69, 9.17) is 9.47 Å². The Bertz CT molecular complexity index is 1870. The number of methoxy groups -OCH3 is 2. The number of H-pyrrole nitrogens is 1. The summed E-state index contributed by atoms with van der Waals surface area (Å²) in [4.78, 5) is 23.5. The lowest BCUT2D eigenvalue weighted by Gasteiger charge is -2.31. The number of pyridine rings is 2.